The van der Waals surface area contributed by atoms with Crippen molar-refractivity contribution in [1.82, 2.24) is 0 Å². The van der Waals surface area contributed by atoms with E-state index in [9.17, 15) is 0 Å². The first-order valence-corrected chi connectivity index (χ1v) is 6.23. The van der Waals surface area contributed by atoms with Crippen LogP contribution in [0.15, 0.2) is 34.9 Å². The Labute approximate surface area is 100 Å². The summed E-state index contributed by atoms with van der Waals surface area (Å²) < 4.78 is 0. The topological polar surface area (TPSA) is 0 Å². The summed E-state index contributed by atoms with van der Waals surface area (Å²) in [6.45, 7) is 4.33. The van der Waals surface area contributed by atoms with E-state index in [0.717, 1.165) is 6.42 Å². The van der Waals surface area contributed by atoms with Crippen LogP contribution < -0.4 is 0 Å². The van der Waals surface area contributed by atoms with Crippen LogP contribution in [0.4, 0.5) is 0 Å². The van der Waals surface area contributed by atoms with Gasteiger partial charge in [0, 0.05) is 6.42 Å². The molecule has 0 aromatic heterocycles. The Morgan fingerprint density at radius 2 is 1.88 bits per heavy atom. The fourth-order valence-electron chi connectivity index (χ4n) is 1.87. The normalized spacial score (nSPS) is 13.8. The second-order valence-corrected chi connectivity index (χ2v) is 4.63. The molecule has 86 valence electrons. The zero-order valence-electron chi connectivity index (χ0n) is 10.6. The lowest BCUT2D eigenvalue weighted by Crippen LogP contribution is -1.80. The van der Waals surface area contributed by atoms with E-state index in [4.69, 9.17) is 6.42 Å². The number of rotatable bonds is 6. The third-order valence-corrected chi connectivity index (χ3v) is 2.93. The average Bonchev–Trinajstić information content (AvgIpc) is 2.72. The van der Waals surface area contributed by atoms with Crippen molar-refractivity contribution in [3.05, 3.63) is 34.9 Å². The number of hydrogen-bond donors (Lipinski definition) is 0. The number of allylic oxidation sites excluding steroid dienone is 6. The van der Waals surface area contributed by atoms with Gasteiger partial charge in [0.15, 0.2) is 0 Å². The van der Waals surface area contributed by atoms with Crippen LogP contribution in [0.1, 0.15) is 52.4 Å². The van der Waals surface area contributed by atoms with Gasteiger partial charge in [-0.1, -0.05) is 36.6 Å². The van der Waals surface area contributed by atoms with Gasteiger partial charge in [0.25, 0.3) is 0 Å². The Hall–Kier alpha value is -1.22. The van der Waals surface area contributed by atoms with Crippen molar-refractivity contribution in [2.75, 3.05) is 0 Å². The lowest BCUT2D eigenvalue weighted by Gasteiger charge is -1.99. The number of terminal acetylenes is 1. The van der Waals surface area contributed by atoms with Crippen LogP contribution in [-0.2, 0) is 0 Å². The molecule has 0 atom stereocenters. The molecular weight excluding hydrogens is 192 g/mol. The molecule has 0 saturated heterocycles. The summed E-state index contributed by atoms with van der Waals surface area (Å²) in [4.78, 5) is 0. The predicted molar refractivity (Wildman–Crippen MR) is 72.1 cm³/mol. The van der Waals surface area contributed by atoms with Crippen molar-refractivity contribution in [3.8, 4) is 12.3 Å². The highest BCUT2D eigenvalue weighted by Crippen LogP contribution is 2.22. The second kappa shape index (κ2) is 7.12. The van der Waals surface area contributed by atoms with Gasteiger partial charge in [-0.05, 0) is 44.3 Å². The molecule has 0 amide bonds. The third-order valence-electron chi connectivity index (χ3n) is 2.93. The highest BCUT2D eigenvalue weighted by molar-refractivity contribution is 5.47. The fraction of sp³-hybridized carbons (Fsp3) is 0.500. The third kappa shape index (κ3) is 4.53. The molecule has 0 unspecified atom stereocenters. The maximum Gasteiger partial charge on any atom is 0.00860 e. The second-order valence-electron chi connectivity index (χ2n) is 4.63. The van der Waals surface area contributed by atoms with Gasteiger partial charge in [-0.25, -0.2) is 0 Å². The van der Waals surface area contributed by atoms with Crippen LogP contribution in [0.2, 0.25) is 0 Å². The Kier molecular flexibility index (Phi) is 5.72. The van der Waals surface area contributed by atoms with Gasteiger partial charge in [0.1, 0.15) is 0 Å². The first kappa shape index (κ1) is 12.8. The summed E-state index contributed by atoms with van der Waals surface area (Å²) in [5, 5.41) is 0. The summed E-state index contributed by atoms with van der Waals surface area (Å²) in [7, 11) is 0. The van der Waals surface area contributed by atoms with Crippen LogP contribution in [0, 0.1) is 12.3 Å². The van der Waals surface area contributed by atoms with E-state index in [2.05, 4.69) is 38.0 Å². The van der Waals surface area contributed by atoms with E-state index in [1.54, 1.807) is 0 Å². The Morgan fingerprint density at radius 1 is 1.12 bits per heavy atom. The van der Waals surface area contributed by atoms with Crippen LogP contribution in [0.5, 0.6) is 0 Å². The Morgan fingerprint density at radius 3 is 2.50 bits per heavy atom. The van der Waals surface area contributed by atoms with Gasteiger partial charge < -0.3 is 0 Å². The maximum atomic E-state index is 5.21. The van der Waals surface area contributed by atoms with E-state index in [-0.39, 0.29) is 0 Å². The molecular formula is C16H22. The lowest BCUT2D eigenvalue weighted by molar-refractivity contribution is 0.651. The van der Waals surface area contributed by atoms with Crippen LogP contribution in [0.3, 0.4) is 0 Å². The monoisotopic (exact) mass is 214 g/mol. The summed E-state index contributed by atoms with van der Waals surface area (Å²) in [6, 6.07) is 0. The summed E-state index contributed by atoms with van der Waals surface area (Å²) in [6.07, 6.45) is 19.2. The largest absolute Gasteiger partial charge is 0.120 e. The van der Waals surface area contributed by atoms with Crippen LogP contribution >= 0.6 is 0 Å². The Bertz CT molecular complexity index is 341. The van der Waals surface area contributed by atoms with E-state index < -0.39 is 0 Å². The quantitative estimate of drug-likeness (QED) is 0.440. The highest BCUT2D eigenvalue weighted by atomic mass is 14.1. The van der Waals surface area contributed by atoms with Crippen LogP contribution in [-0.4, -0.2) is 0 Å². The lowest BCUT2D eigenvalue weighted by atomic mass is 10.1. The molecule has 1 aliphatic carbocycles. The molecule has 0 aliphatic heterocycles. The van der Waals surface area contributed by atoms with E-state index >= 15 is 0 Å². The molecule has 1 rings (SSSR count). The molecule has 0 heterocycles. The molecule has 1 aliphatic rings. The summed E-state index contributed by atoms with van der Waals surface area (Å²) in [5.41, 5.74) is 4.27. The van der Waals surface area contributed by atoms with Crippen molar-refractivity contribution in [2.45, 2.75) is 52.4 Å². The summed E-state index contributed by atoms with van der Waals surface area (Å²) in [5.74, 6) is 2.69. The Balaban J connectivity index is 2.17. The molecule has 0 aromatic carbocycles. The molecule has 0 heteroatoms. The predicted octanol–water partition coefficient (Wildman–Crippen LogP) is 4.79. The molecule has 0 saturated carbocycles. The minimum absolute atomic E-state index is 0.935. The molecule has 0 aromatic rings. The highest BCUT2D eigenvalue weighted by Gasteiger charge is 2.02. The van der Waals surface area contributed by atoms with Crippen molar-refractivity contribution >= 4 is 0 Å². The first-order chi connectivity index (χ1) is 7.74. The zero-order valence-corrected chi connectivity index (χ0v) is 10.6. The zero-order chi connectivity index (χ0) is 11.8. The van der Waals surface area contributed by atoms with Gasteiger partial charge in [-0.3, -0.25) is 0 Å². The van der Waals surface area contributed by atoms with E-state index in [1.165, 1.54) is 48.8 Å². The van der Waals surface area contributed by atoms with Gasteiger partial charge in [0.2, 0.25) is 0 Å². The molecule has 0 nitrogen and oxygen atoms in total. The average molecular weight is 214 g/mol. The SMILES string of the molecule is C#CCCCCCCC1=CC(=C(C)C)C=C1. The fourth-order valence-corrected chi connectivity index (χ4v) is 1.87. The van der Waals surface area contributed by atoms with Crippen molar-refractivity contribution in [1.29, 1.82) is 0 Å². The first-order valence-electron chi connectivity index (χ1n) is 6.23. The molecule has 0 fully saturated rings. The van der Waals surface area contributed by atoms with Crippen molar-refractivity contribution < 1.29 is 0 Å². The van der Waals surface area contributed by atoms with Gasteiger partial charge in [-0.15, -0.1) is 12.3 Å². The molecule has 16 heavy (non-hydrogen) atoms. The standard InChI is InChI=1S/C16H22/c1-4-5-6-7-8-9-10-15-11-12-16(13-15)14(2)3/h1,11-13H,5-10H2,2-3H3. The van der Waals surface area contributed by atoms with Crippen LogP contribution in [0.25, 0.3) is 0 Å². The maximum absolute atomic E-state index is 5.21. The number of hydrogen-bond acceptors (Lipinski definition) is 0. The smallest absolute Gasteiger partial charge is 0.00860 e. The minimum atomic E-state index is 0.935. The van der Waals surface area contributed by atoms with Crippen molar-refractivity contribution in [2.24, 2.45) is 0 Å². The van der Waals surface area contributed by atoms with Gasteiger partial charge in [0.05, 0.1) is 0 Å². The van der Waals surface area contributed by atoms with E-state index in [1.807, 2.05) is 0 Å². The van der Waals surface area contributed by atoms with Gasteiger partial charge >= 0.3 is 0 Å². The molecule has 0 N–H and O–H groups in total. The van der Waals surface area contributed by atoms with Crippen molar-refractivity contribution in [3.63, 3.8) is 0 Å². The number of unbranched alkanes of at least 4 members (excludes halogenated alkanes) is 4. The molecule has 0 radical (unpaired) electrons. The molecule has 0 bridgehead atoms. The van der Waals surface area contributed by atoms with E-state index in [0.29, 0.717) is 0 Å². The summed E-state index contributed by atoms with van der Waals surface area (Å²) >= 11 is 0. The minimum Gasteiger partial charge on any atom is -0.120 e. The van der Waals surface area contributed by atoms with Gasteiger partial charge in [-0.2, -0.15) is 0 Å². The molecule has 0 spiro atoms.